The van der Waals surface area contributed by atoms with Gasteiger partial charge in [-0.15, -0.1) is 0 Å². The third-order valence-electron chi connectivity index (χ3n) is 2.87. The maximum atomic E-state index is 10.8. The Morgan fingerprint density at radius 1 is 1.50 bits per heavy atom. The lowest BCUT2D eigenvalue weighted by molar-refractivity contribution is -0.139. The Kier molecular flexibility index (Phi) is 5.77. The van der Waals surface area contributed by atoms with Crippen LogP contribution < -0.4 is 0 Å². The number of nitrogens with zero attached hydrogens (tertiary/aromatic N) is 3. The molecule has 18 heavy (non-hydrogen) atoms. The van der Waals surface area contributed by atoms with E-state index in [2.05, 4.69) is 10.1 Å². The molecular weight excluding hydrogens is 234 g/mol. The molecule has 0 aliphatic rings. The van der Waals surface area contributed by atoms with Crippen LogP contribution in [0.2, 0.25) is 0 Å². The van der Waals surface area contributed by atoms with Gasteiger partial charge in [-0.25, -0.2) is 0 Å². The van der Waals surface area contributed by atoms with Crippen molar-refractivity contribution in [3.05, 3.63) is 11.7 Å². The van der Waals surface area contributed by atoms with Crippen LogP contribution >= 0.6 is 0 Å². The molecule has 0 aromatic carbocycles. The van der Waals surface area contributed by atoms with Gasteiger partial charge in [0.1, 0.15) is 0 Å². The predicted octanol–water partition coefficient (Wildman–Crippen LogP) is 1.71. The van der Waals surface area contributed by atoms with Crippen LogP contribution in [0.5, 0.6) is 0 Å². The molecule has 1 atom stereocenters. The van der Waals surface area contributed by atoms with Crippen LogP contribution in [0.3, 0.4) is 0 Å². The molecule has 102 valence electrons. The zero-order valence-electron chi connectivity index (χ0n) is 11.2. The Balaban J connectivity index is 2.66. The summed E-state index contributed by atoms with van der Waals surface area (Å²) in [6.07, 6.45) is 2.62. The predicted molar refractivity (Wildman–Crippen MR) is 66.1 cm³/mol. The molecular formula is C12H21N3O3. The first kappa shape index (κ1) is 14.6. The highest BCUT2D eigenvalue weighted by Gasteiger charge is 2.18. The lowest BCUT2D eigenvalue weighted by atomic mass is 10.2. The highest BCUT2D eigenvalue weighted by atomic mass is 16.5. The minimum Gasteiger partial charge on any atom is -0.480 e. The average molecular weight is 255 g/mol. The van der Waals surface area contributed by atoms with Crippen molar-refractivity contribution < 1.29 is 14.4 Å². The molecule has 0 fully saturated rings. The largest absolute Gasteiger partial charge is 0.480 e. The maximum Gasteiger partial charge on any atom is 0.317 e. The molecule has 1 aromatic rings. The van der Waals surface area contributed by atoms with Gasteiger partial charge in [0.25, 0.3) is 0 Å². The normalized spacial score (nSPS) is 12.9. The number of aryl methyl sites for hydroxylation is 1. The van der Waals surface area contributed by atoms with E-state index >= 15 is 0 Å². The summed E-state index contributed by atoms with van der Waals surface area (Å²) in [5.74, 6) is 0.329. The van der Waals surface area contributed by atoms with E-state index in [9.17, 15) is 4.79 Å². The number of aromatic nitrogens is 2. The van der Waals surface area contributed by atoms with E-state index < -0.39 is 5.97 Å². The lowest BCUT2D eigenvalue weighted by Gasteiger charge is -2.24. The first-order valence-corrected chi connectivity index (χ1v) is 6.34. The summed E-state index contributed by atoms with van der Waals surface area (Å²) < 4.78 is 5.13. The molecule has 0 saturated carbocycles. The van der Waals surface area contributed by atoms with Gasteiger partial charge in [-0.3, -0.25) is 9.69 Å². The van der Waals surface area contributed by atoms with Crippen LogP contribution in [0.4, 0.5) is 0 Å². The van der Waals surface area contributed by atoms with Crippen molar-refractivity contribution in [2.75, 3.05) is 6.54 Å². The fourth-order valence-corrected chi connectivity index (χ4v) is 1.65. The molecule has 0 amide bonds. The van der Waals surface area contributed by atoms with E-state index in [1.54, 1.807) is 0 Å². The molecule has 0 spiro atoms. The second kappa shape index (κ2) is 7.10. The van der Waals surface area contributed by atoms with E-state index in [1.807, 2.05) is 25.7 Å². The van der Waals surface area contributed by atoms with E-state index in [4.69, 9.17) is 9.63 Å². The Morgan fingerprint density at radius 2 is 2.22 bits per heavy atom. The van der Waals surface area contributed by atoms with Crippen molar-refractivity contribution >= 4 is 5.97 Å². The molecule has 1 rings (SSSR count). The molecule has 0 radical (unpaired) electrons. The topological polar surface area (TPSA) is 79.5 Å². The van der Waals surface area contributed by atoms with Crippen LogP contribution in [0.15, 0.2) is 4.52 Å². The number of hydrogen-bond donors (Lipinski definition) is 1. The summed E-state index contributed by atoms with van der Waals surface area (Å²) in [6.45, 7) is 6.44. The van der Waals surface area contributed by atoms with Gasteiger partial charge in [0.15, 0.2) is 5.82 Å². The Bertz CT molecular complexity index is 378. The number of carboxylic acids is 1. The summed E-state index contributed by atoms with van der Waals surface area (Å²) >= 11 is 0. The number of aliphatic carboxylic acids is 1. The third-order valence-corrected chi connectivity index (χ3v) is 2.87. The van der Waals surface area contributed by atoms with E-state index in [-0.39, 0.29) is 12.6 Å². The Labute approximate surface area is 107 Å². The van der Waals surface area contributed by atoms with Crippen molar-refractivity contribution in [1.29, 1.82) is 0 Å². The monoisotopic (exact) mass is 255 g/mol. The van der Waals surface area contributed by atoms with Crippen LogP contribution in [-0.4, -0.2) is 38.7 Å². The summed E-state index contributed by atoms with van der Waals surface area (Å²) in [5.41, 5.74) is 0. The zero-order valence-corrected chi connectivity index (χ0v) is 11.2. The average Bonchev–Trinajstić information content (AvgIpc) is 2.75. The summed E-state index contributed by atoms with van der Waals surface area (Å²) in [5, 5.41) is 12.8. The molecule has 6 heteroatoms. The smallest absolute Gasteiger partial charge is 0.317 e. The van der Waals surface area contributed by atoms with Gasteiger partial charge >= 0.3 is 5.97 Å². The van der Waals surface area contributed by atoms with Crippen LogP contribution in [0.1, 0.15) is 45.3 Å². The molecule has 1 aromatic heterocycles. The van der Waals surface area contributed by atoms with E-state index in [1.165, 1.54) is 0 Å². The van der Waals surface area contributed by atoms with Gasteiger partial charge in [0, 0.05) is 12.5 Å². The van der Waals surface area contributed by atoms with E-state index in [0.29, 0.717) is 18.3 Å². The van der Waals surface area contributed by atoms with Gasteiger partial charge < -0.3 is 9.63 Å². The minimum absolute atomic E-state index is 0.0134. The number of hydrogen-bond acceptors (Lipinski definition) is 5. The van der Waals surface area contributed by atoms with Crippen molar-refractivity contribution in [2.24, 2.45) is 0 Å². The summed E-state index contributed by atoms with van der Waals surface area (Å²) in [7, 11) is 0. The number of rotatable bonds is 8. The molecule has 1 heterocycles. The molecule has 1 N–H and O–H groups in total. The third kappa shape index (κ3) is 4.44. The zero-order chi connectivity index (χ0) is 13.5. The minimum atomic E-state index is -0.844. The summed E-state index contributed by atoms with van der Waals surface area (Å²) in [6, 6.07) is 0.169. The molecule has 0 bridgehead atoms. The van der Waals surface area contributed by atoms with Crippen molar-refractivity contribution in [3.8, 4) is 0 Å². The molecule has 6 nitrogen and oxygen atoms in total. The van der Waals surface area contributed by atoms with Gasteiger partial charge in [-0.1, -0.05) is 19.0 Å². The lowest BCUT2D eigenvalue weighted by Crippen LogP contribution is -2.36. The fraction of sp³-hybridized carbons (Fsp3) is 0.750. The van der Waals surface area contributed by atoms with Gasteiger partial charge in [0.05, 0.1) is 13.1 Å². The second-order valence-electron chi connectivity index (χ2n) is 4.41. The first-order chi connectivity index (χ1) is 8.56. The molecule has 0 saturated heterocycles. The highest BCUT2D eigenvalue weighted by Crippen LogP contribution is 2.09. The van der Waals surface area contributed by atoms with Crippen molar-refractivity contribution in [1.82, 2.24) is 15.0 Å². The highest BCUT2D eigenvalue weighted by molar-refractivity contribution is 5.69. The van der Waals surface area contributed by atoms with Crippen molar-refractivity contribution in [3.63, 3.8) is 0 Å². The standard InChI is InChI=1S/C12H21N3O3/c1-4-6-10-13-11(18-14-10)7-15(8-12(16)17)9(3)5-2/h9H,4-8H2,1-3H3,(H,16,17). The first-order valence-electron chi connectivity index (χ1n) is 6.34. The SMILES string of the molecule is CCCc1noc(CN(CC(=O)O)C(C)CC)n1. The quantitative estimate of drug-likeness (QED) is 0.761. The van der Waals surface area contributed by atoms with Gasteiger partial charge in [-0.2, -0.15) is 4.98 Å². The molecule has 1 unspecified atom stereocenters. The Hall–Kier alpha value is -1.43. The Morgan fingerprint density at radius 3 is 2.78 bits per heavy atom. The summed E-state index contributed by atoms with van der Waals surface area (Å²) in [4.78, 5) is 16.9. The van der Waals surface area contributed by atoms with Crippen LogP contribution in [-0.2, 0) is 17.8 Å². The van der Waals surface area contributed by atoms with Crippen molar-refractivity contribution in [2.45, 2.75) is 52.6 Å². The van der Waals surface area contributed by atoms with Crippen LogP contribution in [0, 0.1) is 0 Å². The van der Waals surface area contributed by atoms with Gasteiger partial charge in [0.2, 0.25) is 5.89 Å². The molecule has 0 aliphatic heterocycles. The maximum absolute atomic E-state index is 10.8. The van der Waals surface area contributed by atoms with Gasteiger partial charge in [-0.05, 0) is 19.8 Å². The van der Waals surface area contributed by atoms with E-state index in [0.717, 1.165) is 19.3 Å². The number of carbonyl (C=O) groups is 1. The second-order valence-corrected chi connectivity index (χ2v) is 4.41. The molecule has 0 aliphatic carbocycles. The fourth-order valence-electron chi connectivity index (χ4n) is 1.65. The van der Waals surface area contributed by atoms with Crippen LogP contribution in [0.25, 0.3) is 0 Å². The number of carboxylic acid groups (broad SMARTS) is 1.